The summed E-state index contributed by atoms with van der Waals surface area (Å²) in [5.74, 6) is 0.398. The van der Waals surface area contributed by atoms with Crippen LogP contribution in [0.1, 0.15) is 32.3 Å². The summed E-state index contributed by atoms with van der Waals surface area (Å²) in [7, 11) is 0. The van der Waals surface area contributed by atoms with Gasteiger partial charge in [-0.05, 0) is 31.9 Å². The molecule has 0 radical (unpaired) electrons. The minimum atomic E-state index is 0.173. The lowest BCUT2D eigenvalue weighted by atomic mass is 10.0. The van der Waals surface area contributed by atoms with Gasteiger partial charge in [-0.1, -0.05) is 0 Å². The van der Waals surface area contributed by atoms with Crippen molar-refractivity contribution in [3.63, 3.8) is 0 Å². The molecule has 1 aromatic heterocycles. The molecule has 1 aliphatic heterocycles. The van der Waals surface area contributed by atoms with Crippen molar-refractivity contribution in [3.05, 3.63) is 30.0 Å². The van der Waals surface area contributed by atoms with Crippen LogP contribution in [-0.4, -0.2) is 46.5 Å². The number of fused-ring (bicyclic) bond motifs is 1. The number of benzene rings is 1. The van der Waals surface area contributed by atoms with E-state index in [2.05, 4.69) is 4.90 Å². The lowest BCUT2D eigenvalue weighted by Gasteiger charge is -2.37. The highest BCUT2D eigenvalue weighted by atomic mass is 16.3. The van der Waals surface area contributed by atoms with E-state index in [1.165, 1.54) is 0 Å². The highest BCUT2D eigenvalue weighted by Gasteiger charge is 2.25. The van der Waals surface area contributed by atoms with Crippen LogP contribution in [-0.2, 0) is 11.3 Å². The fourth-order valence-corrected chi connectivity index (χ4v) is 3.56. The zero-order chi connectivity index (χ0) is 16.4. The molecule has 0 aliphatic carbocycles. The molecule has 0 saturated carbocycles. The van der Waals surface area contributed by atoms with Crippen molar-refractivity contribution in [2.45, 2.75) is 39.3 Å². The Labute approximate surface area is 136 Å². The van der Waals surface area contributed by atoms with Gasteiger partial charge in [0.05, 0.1) is 6.26 Å². The summed E-state index contributed by atoms with van der Waals surface area (Å²) >= 11 is 0. The summed E-state index contributed by atoms with van der Waals surface area (Å²) in [4.78, 5) is 16.0. The summed E-state index contributed by atoms with van der Waals surface area (Å²) < 4.78 is 5.54. The fourth-order valence-electron chi connectivity index (χ4n) is 3.56. The highest BCUT2D eigenvalue weighted by Crippen LogP contribution is 2.27. The first-order valence-electron chi connectivity index (χ1n) is 8.27. The molecule has 1 N–H and O–H groups in total. The number of piperidine rings is 1. The number of likely N-dealkylation sites (tertiary alicyclic amines) is 1. The third kappa shape index (κ3) is 3.34. The Kier molecular flexibility index (Phi) is 4.57. The largest absolute Gasteiger partial charge is 0.508 e. The maximum Gasteiger partial charge on any atom is 0.219 e. The van der Waals surface area contributed by atoms with Gasteiger partial charge in [-0.15, -0.1) is 0 Å². The first-order valence-corrected chi connectivity index (χ1v) is 8.27. The third-order valence-corrected chi connectivity index (χ3v) is 4.78. The quantitative estimate of drug-likeness (QED) is 0.942. The fraction of sp³-hybridized carbons (Fsp3) is 0.500. The second kappa shape index (κ2) is 6.62. The van der Waals surface area contributed by atoms with E-state index >= 15 is 0 Å². The number of aromatic hydroxyl groups is 1. The molecule has 1 aliphatic rings. The van der Waals surface area contributed by atoms with Gasteiger partial charge in [-0.3, -0.25) is 9.69 Å². The number of rotatable bonds is 4. The van der Waals surface area contributed by atoms with Crippen LogP contribution in [0.4, 0.5) is 0 Å². The van der Waals surface area contributed by atoms with Crippen molar-refractivity contribution >= 4 is 16.9 Å². The summed E-state index contributed by atoms with van der Waals surface area (Å²) in [5.41, 5.74) is 1.88. The number of phenols is 1. The van der Waals surface area contributed by atoms with E-state index in [0.717, 1.165) is 55.6 Å². The standard InChI is InChI=1S/C18H24N2O3/c1-3-20(13(2)21)15-6-8-19(9-7-15)11-14-12-23-18-10-16(22)4-5-17(14)18/h4-5,10,12,15,22H,3,6-9,11H2,1-2H3. The van der Waals surface area contributed by atoms with Crippen LogP contribution in [0.2, 0.25) is 0 Å². The maximum atomic E-state index is 11.7. The van der Waals surface area contributed by atoms with Gasteiger partial charge in [-0.25, -0.2) is 0 Å². The van der Waals surface area contributed by atoms with Gasteiger partial charge in [0.2, 0.25) is 5.91 Å². The van der Waals surface area contributed by atoms with Gasteiger partial charge < -0.3 is 14.4 Å². The number of carbonyl (C=O) groups excluding carboxylic acids is 1. The molecule has 124 valence electrons. The Morgan fingerprint density at radius 1 is 1.39 bits per heavy atom. The number of carbonyl (C=O) groups is 1. The first kappa shape index (κ1) is 15.9. The molecular formula is C18H24N2O3. The lowest BCUT2D eigenvalue weighted by Crippen LogP contribution is -2.46. The Balaban J connectivity index is 1.63. The summed E-state index contributed by atoms with van der Waals surface area (Å²) in [6.07, 6.45) is 3.82. The molecule has 2 heterocycles. The normalized spacial score (nSPS) is 16.8. The maximum absolute atomic E-state index is 11.7. The Hall–Kier alpha value is -2.01. The smallest absolute Gasteiger partial charge is 0.219 e. The van der Waals surface area contributed by atoms with Gasteiger partial charge in [0, 0.05) is 56.2 Å². The predicted octanol–water partition coefficient (Wildman–Crippen LogP) is 2.97. The van der Waals surface area contributed by atoms with Crippen LogP contribution >= 0.6 is 0 Å². The molecule has 3 rings (SSSR count). The van der Waals surface area contributed by atoms with Gasteiger partial charge >= 0.3 is 0 Å². The van der Waals surface area contributed by atoms with Crippen LogP contribution in [0.25, 0.3) is 11.0 Å². The summed E-state index contributed by atoms with van der Waals surface area (Å²) in [6.45, 7) is 7.30. The topological polar surface area (TPSA) is 56.9 Å². The van der Waals surface area contributed by atoms with E-state index in [0.29, 0.717) is 6.04 Å². The summed E-state index contributed by atoms with van der Waals surface area (Å²) in [6, 6.07) is 5.62. The first-order chi connectivity index (χ1) is 11.1. The zero-order valence-electron chi connectivity index (χ0n) is 13.8. The average molecular weight is 316 g/mol. The monoisotopic (exact) mass is 316 g/mol. The molecule has 23 heavy (non-hydrogen) atoms. The molecule has 5 heteroatoms. The van der Waals surface area contributed by atoms with Gasteiger partial charge in [0.25, 0.3) is 0 Å². The van der Waals surface area contributed by atoms with E-state index < -0.39 is 0 Å². The molecule has 1 saturated heterocycles. The Morgan fingerprint density at radius 2 is 2.13 bits per heavy atom. The molecule has 0 spiro atoms. The summed E-state index contributed by atoms with van der Waals surface area (Å²) in [5, 5.41) is 10.6. The molecule has 1 aromatic carbocycles. The van der Waals surface area contributed by atoms with Crippen molar-refractivity contribution in [2.24, 2.45) is 0 Å². The van der Waals surface area contributed by atoms with Crippen LogP contribution in [0, 0.1) is 0 Å². The number of hydrogen-bond donors (Lipinski definition) is 1. The molecule has 5 nitrogen and oxygen atoms in total. The molecular weight excluding hydrogens is 292 g/mol. The minimum Gasteiger partial charge on any atom is -0.508 e. The number of phenolic OH excluding ortho intramolecular Hbond substituents is 1. The second-order valence-electron chi connectivity index (χ2n) is 6.25. The van der Waals surface area contributed by atoms with Crippen LogP contribution in [0.3, 0.4) is 0 Å². The lowest BCUT2D eigenvalue weighted by molar-refractivity contribution is -0.131. The van der Waals surface area contributed by atoms with Crippen LogP contribution in [0.5, 0.6) is 5.75 Å². The molecule has 1 amide bonds. The molecule has 1 fully saturated rings. The molecule has 0 atom stereocenters. The van der Waals surface area contributed by atoms with Crippen molar-refractivity contribution in [1.29, 1.82) is 0 Å². The average Bonchev–Trinajstić information content (AvgIpc) is 2.91. The van der Waals surface area contributed by atoms with E-state index in [1.807, 2.05) is 17.9 Å². The van der Waals surface area contributed by atoms with Crippen molar-refractivity contribution in [3.8, 4) is 5.75 Å². The number of nitrogens with zero attached hydrogens (tertiary/aromatic N) is 2. The van der Waals surface area contributed by atoms with Crippen molar-refractivity contribution < 1.29 is 14.3 Å². The van der Waals surface area contributed by atoms with Gasteiger partial charge in [0.1, 0.15) is 11.3 Å². The molecule has 0 unspecified atom stereocenters. The van der Waals surface area contributed by atoms with Gasteiger partial charge in [-0.2, -0.15) is 0 Å². The Morgan fingerprint density at radius 3 is 2.78 bits per heavy atom. The van der Waals surface area contributed by atoms with E-state index in [9.17, 15) is 9.90 Å². The minimum absolute atomic E-state index is 0.173. The van der Waals surface area contributed by atoms with Crippen LogP contribution in [0.15, 0.2) is 28.9 Å². The molecule has 2 aromatic rings. The van der Waals surface area contributed by atoms with Crippen LogP contribution < -0.4 is 0 Å². The van der Waals surface area contributed by atoms with E-state index in [4.69, 9.17) is 4.42 Å². The second-order valence-corrected chi connectivity index (χ2v) is 6.25. The third-order valence-electron chi connectivity index (χ3n) is 4.78. The van der Waals surface area contributed by atoms with Gasteiger partial charge in [0.15, 0.2) is 0 Å². The highest BCUT2D eigenvalue weighted by molar-refractivity contribution is 5.82. The predicted molar refractivity (Wildman–Crippen MR) is 89.2 cm³/mol. The number of amides is 1. The Bertz CT molecular complexity index is 687. The number of hydrogen-bond acceptors (Lipinski definition) is 4. The molecule has 0 bridgehead atoms. The number of furan rings is 1. The van der Waals surface area contributed by atoms with Crippen molar-refractivity contribution in [1.82, 2.24) is 9.80 Å². The SMILES string of the molecule is CCN(C(C)=O)C1CCN(Cc2coc3cc(O)ccc23)CC1. The zero-order valence-corrected chi connectivity index (χ0v) is 13.8. The van der Waals surface area contributed by atoms with Crippen molar-refractivity contribution in [2.75, 3.05) is 19.6 Å². The van der Waals surface area contributed by atoms with E-state index in [-0.39, 0.29) is 11.7 Å². The van der Waals surface area contributed by atoms with E-state index in [1.54, 1.807) is 25.3 Å².